The Labute approximate surface area is 238 Å². The number of carbonyl (C=O) groups excluding carboxylic acids is 2. The molecule has 0 saturated carbocycles. The standard InChI is InChI=1S/C28H47IO7Si/c1-17-13-23-27(6,7)22(11-12-29)34-24(30)15-20-18(2)21(36-37(9,10)26(3,4)5)14-19(33-20)16-28(32-8,35-23)25(17)31/h11-12,17-23H,13-16H2,1-10H3/b12-11+/t17-,18+,19+,20+,21+,22-,23-,28-/m1/s1. The van der Waals surface area contributed by atoms with Gasteiger partial charge in [0.05, 0.1) is 30.8 Å². The van der Waals surface area contributed by atoms with Crippen molar-refractivity contribution in [1.29, 1.82) is 0 Å². The van der Waals surface area contributed by atoms with Crippen molar-refractivity contribution in [1.82, 2.24) is 0 Å². The lowest BCUT2D eigenvalue weighted by molar-refractivity contribution is -0.292. The topological polar surface area (TPSA) is 80.3 Å². The summed E-state index contributed by atoms with van der Waals surface area (Å²) in [6.45, 7) is 19.2. The minimum Gasteiger partial charge on any atom is -0.457 e. The number of fused-ring (bicyclic) bond motifs is 4. The Morgan fingerprint density at radius 1 is 1.14 bits per heavy atom. The van der Waals surface area contributed by atoms with Gasteiger partial charge in [-0.25, -0.2) is 0 Å². The number of esters is 1. The van der Waals surface area contributed by atoms with Gasteiger partial charge >= 0.3 is 5.97 Å². The molecule has 0 N–H and O–H groups in total. The van der Waals surface area contributed by atoms with Gasteiger partial charge in [0.15, 0.2) is 14.1 Å². The molecule has 0 unspecified atom stereocenters. The summed E-state index contributed by atoms with van der Waals surface area (Å²) in [7, 11) is -0.555. The Bertz CT molecular complexity index is 882. The molecule has 0 radical (unpaired) electrons. The average molecular weight is 651 g/mol. The van der Waals surface area contributed by atoms with Crippen LogP contribution in [0.2, 0.25) is 18.1 Å². The zero-order valence-electron chi connectivity index (χ0n) is 24.3. The van der Waals surface area contributed by atoms with Crippen molar-refractivity contribution in [2.45, 2.75) is 129 Å². The van der Waals surface area contributed by atoms with Gasteiger partial charge < -0.3 is 23.4 Å². The van der Waals surface area contributed by atoms with Crippen molar-refractivity contribution >= 4 is 42.7 Å². The normalized spacial score (nSPS) is 39.6. The van der Waals surface area contributed by atoms with Gasteiger partial charge in [0.25, 0.3) is 0 Å². The number of rotatable bonds is 4. The summed E-state index contributed by atoms with van der Waals surface area (Å²) in [5.74, 6) is -2.05. The van der Waals surface area contributed by atoms with E-state index < -0.39 is 31.7 Å². The van der Waals surface area contributed by atoms with E-state index in [0.717, 1.165) is 0 Å². The summed E-state index contributed by atoms with van der Waals surface area (Å²) in [6, 6.07) is 0. The molecule has 3 heterocycles. The smallest absolute Gasteiger partial charge is 0.309 e. The molecule has 3 aliphatic rings. The summed E-state index contributed by atoms with van der Waals surface area (Å²) in [5.41, 5.74) is -0.579. The highest BCUT2D eigenvalue weighted by molar-refractivity contribution is 14.1. The van der Waals surface area contributed by atoms with Crippen molar-refractivity contribution in [3.8, 4) is 0 Å². The Morgan fingerprint density at radius 3 is 2.35 bits per heavy atom. The number of hydrogen-bond acceptors (Lipinski definition) is 7. The van der Waals surface area contributed by atoms with Gasteiger partial charge in [-0.2, -0.15) is 0 Å². The number of ketones is 1. The van der Waals surface area contributed by atoms with Crippen LogP contribution in [0.5, 0.6) is 0 Å². The fraction of sp³-hybridized carbons (Fsp3) is 0.857. The molecule has 0 amide bonds. The van der Waals surface area contributed by atoms with E-state index in [0.29, 0.717) is 12.8 Å². The SMILES string of the molecule is CO[C@@]12C[C@@H]3C[C@H](O[Si](C)(C)C(C)(C)C)[C@@H](C)[C@H](CC(=O)O[C@H](/C=C/I)C(C)(C)[C@@H](C[C@@H](C)C1=O)O2)O3. The molecule has 8 atom stereocenters. The molecule has 3 rings (SSSR count). The second-order valence-corrected chi connectivity index (χ2v) is 18.8. The molecule has 37 heavy (non-hydrogen) atoms. The highest BCUT2D eigenvalue weighted by Crippen LogP contribution is 2.46. The zero-order valence-corrected chi connectivity index (χ0v) is 27.4. The third-order valence-corrected chi connectivity index (χ3v) is 14.2. The summed E-state index contributed by atoms with van der Waals surface area (Å²) >= 11 is 2.14. The molecule has 7 nitrogen and oxygen atoms in total. The Morgan fingerprint density at radius 2 is 1.78 bits per heavy atom. The first kappa shape index (κ1) is 31.2. The predicted octanol–water partition coefficient (Wildman–Crippen LogP) is 6.19. The number of hydrogen-bond donors (Lipinski definition) is 0. The monoisotopic (exact) mass is 650 g/mol. The van der Waals surface area contributed by atoms with Crippen molar-refractivity contribution in [2.24, 2.45) is 17.3 Å². The maximum Gasteiger partial charge on any atom is 0.309 e. The molecule has 9 heteroatoms. The third-order valence-electron chi connectivity index (χ3n) is 9.27. The van der Waals surface area contributed by atoms with E-state index >= 15 is 0 Å². The lowest BCUT2D eigenvalue weighted by Crippen LogP contribution is -2.61. The second-order valence-electron chi connectivity index (χ2n) is 13.3. The van der Waals surface area contributed by atoms with Crippen LogP contribution in [0, 0.1) is 17.3 Å². The molecule has 0 spiro atoms. The molecule has 3 saturated heterocycles. The van der Waals surface area contributed by atoms with Crippen LogP contribution >= 0.6 is 22.6 Å². The van der Waals surface area contributed by atoms with Gasteiger partial charge in [-0.3, -0.25) is 9.59 Å². The molecule has 0 aromatic heterocycles. The van der Waals surface area contributed by atoms with Crippen LogP contribution in [0.4, 0.5) is 0 Å². The fourth-order valence-corrected chi connectivity index (χ4v) is 7.33. The lowest BCUT2D eigenvalue weighted by atomic mass is 9.73. The van der Waals surface area contributed by atoms with E-state index in [1.807, 2.05) is 30.9 Å². The van der Waals surface area contributed by atoms with Crippen LogP contribution in [-0.4, -0.2) is 63.5 Å². The van der Waals surface area contributed by atoms with E-state index in [9.17, 15) is 9.59 Å². The third kappa shape index (κ3) is 6.37. The maximum absolute atomic E-state index is 13.6. The van der Waals surface area contributed by atoms with Crippen molar-refractivity contribution in [3.63, 3.8) is 0 Å². The maximum atomic E-state index is 13.6. The Kier molecular flexibility index (Phi) is 9.50. The van der Waals surface area contributed by atoms with Crippen molar-refractivity contribution < 1.29 is 33.0 Å². The molecule has 3 aliphatic heterocycles. The first-order valence-electron chi connectivity index (χ1n) is 13.5. The molecular weight excluding hydrogens is 603 g/mol. The van der Waals surface area contributed by atoms with E-state index in [1.54, 1.807) is 7.11 Å². The second kappa shape index (κ2) is 11.3. The molecule has 212 valence electrons. The van der Waals surface area contributed by atoms with Gasteiger partial charge in [-0.05, 0) is 41.1 Å². The van der Waals surface area contributed by atoms with Crippen molar-refractivity contribution in [2.75, 3.05) is 7.11 Å². The van der Waals surface area contributed by atoms with Crippen molar-refractivity contribution in [3.05, 3.63) is 10.2 Å². The Balaban J connectivity index is 2.05. The number of carbonyl (C=O) groups is 2. The minimum atomic E-state index is -2.10. The lowest BCUT2D eigenvalue weighted by Gasteiger charge is -2.51. The van der Waals surface area contributed by atoms with E-state index in [4.69, 9.17) is 23.4 Å². The number of Topliss-reactive ketones (excluding diaryl/α,β-unsaturated/α-hetero) is 1. The number of cyclic esters (lactones) is 1. The summed E-state index contributed by atoms with van der Waals surface area (Å²) in [6.07, 6.45) is 1.69. The average Bonchev–Trinajstić information content (AvgIpc) is 2.77. The number of methoxy groups -OCH3 is 1. The number of ether oxygens (including phenoxy) is 4. The molecule has 0 aromatic carbocycles. The largest absolute Gasteiger partial charge is 0.457 e. The molecule has 4 bridgehead atoms. The summed E-state index contributed by atoms with van der Waals surface area (Å²) in [4.78, 5) is 26.9. The predicted molar refractivity (Wildman–Crippen MR) is 154 cm³/mol. The quantitative estimate of drug-likeness (QED) is 0.204. The highest BCUT2D eigenvalue weighted by atomic mass is 127. The summed E-state index contributed by atoms with van der Waals surface area (Å²) < 4.78 is 33.9. The first-order chi connectivity index (χ1) is 17.0. The van der Waals surface area contributed by atoms with Crippen LogP contribution in [-0.2, 0) is 33.0 Å². The highest BCUT2D eigenvalue weighted by Gasteiger charge is 2.56. The van der Waals surface area contributed by atoms with E-state index in [1.165, 1.54) is 0 Å². The molecule has 3 fully saturated rings. The minimum absolute atomic E-state index is 0.0133. The molecular formula is C28H47IO7Si. The Hall–Kier alpha value is -0.333. The molecule has 0 aliphatic carbocycles. The van der Waals surface area contributed by atoms with Crippen LogP contribution in [0.3, 0.4) is 0 Å². The number of halogens is 1. The first-order valence-corrected chi connectivity index (χ1v) is 17.7. The van der Waals surface area contributed by atoms with E-state index in [-0.39, 0.29) is 59.8 Å². The van der Waals surface area contributed by atoms with Crippen LogP contribution in [0.15, 0.2) is 10.2 Å². The van der Waals surface area contributed by atoms with Crippen LogP contribution in [0.1, 0.15) is 74.1 Å². The zero-order chi connectivity index (χ0) is 28.0. The van der Waals surface area contributed by atoms with E-state index in [2.05, 4.69) is 63.4 Å². The summed E-state index contributed by atoms with van der Waals surface area (Å²) in [5, 5.41) is 0.0409. The van der Waals surface area contributed by atoms with Gasteiger partial charge in [0.2, 0.25) is 5.79 Å². The molecule has 0 aromatic rings. The van der Waals surface area contributed by atoms with Crippen LogP contribution in [0.25, 0.3) is 0 Å². The van der Waals surface area contributed by atoms with Gasteiger partial charge in [-0.15, -0.1) is 0 Å². The van der Waals surface area contributed by atoms with Crippen LogP contribution < -0.4 is 0 Å². The fourth-order valence-electron chi connectivity index (χ4n) is 5.53. The van der Waals surface area contributed by atoms with Gasteiger partial charge in [0.1, 0.15) is 6.10 Å². The van der Waals surface area contributed by atoms with Gasteiger partial charge in [0, 0.05) is 30.8 Å². The van der Waals surface area contributed by atoms with Gasteiger partial charge in [-0.1, -0.05) is 71.1 Å².